The van der Waals surface area contributed by atoms with Gasteiger partial charge < -0.3 is 0 Å². The fourth-order valence-electron chi connectivity index (χ4n) is 1.12. The zero-order valence-electron chi connectivity index (χ0n) is 8.35. The topological polar surface area (TPSA) is 17.1 Å². The van der Waals surface area contributed by atoms with Gasteiger partial charge in [0.2, 0.25) is 0 Å². The largest absolute Gasteiger partial charge is 0.288 e. The molecule has 0 atom stereocenters. The minimum atomic E-state index is 0.249. The van der Waals surface area contributed by atoms with Crippen LogP contribution in [0.3, 0.4) is 0 Å². The molecule has 0 N–H and O–H groups in total. The van der Waals surface area contributed by atoms with Crippen molar-refractivity contribution in [3.63, 3.8) is 0 Å². The van der Waals surface area contributed by atoms with E-state index < -0.39 is 0 Å². The van der Waals surface area contributed by atoms with Gasteiger partial charge in [0.15, 0.2) is 5.12 Å². The number of rotatable bonds is 8. The van der Waals surface area contributed by atoms with Crippen molar-refractivity contribution in [2.24, 2.45) is 0 Å². The van der Waals surface area contributed by atoms with Gasteiger partial charge in [-0.15, -0.1) is 0 Å². The second-order valence-electron chi connectivity index (χ2n) is 3.15. The van der Waals surface area contributed by atoms with Crippen molar-refractivity contribution in [1.82, 2.24) is 0 Å². The van der Waals surface area contributed by atoms with Crippen LogP contribution in [0.2, 0.25) is 0 Å². The molecule has 0 aliphatic heterocycles. The molecule has 0 rings (SSSR count). The van der Waals surface area contributed by atoms with Gasteiger partial charge in [-0.2, -0.15) is 0 Å². The average Bonchev–Trinajstić information content (AvgIpc) is 2.09. The summed E-state index contributed by atoms with van der Waals surface area (Å²) in [5.74, 6) is 1.01. The first-order valence-electron chi connectivity index (χ1n) is 4.96. The minimum absolute atomic E-state index is 0.249. The minimum Gasteiger partial charge on any atom is -0.288 e. The zero-order chi connectivity index (χ0) is 9.94. The summed E-state index contributed by atoms with van der Waals surface area (Å²) in [6.07, 6.45) is 7.77. The smallest absolute Gasteiger partial charge is 0.185 e. The van der Waals surface area contributed by atoms with Crippen molar-refractivity contribution in [3.05, 3.63) is 0 Å². The molecule has 0 aliphatic carbocycles. The van der Waals surface area contributed by atoms with Gasteiger partial charge in [0.1, 0.15) is 0 Å². The molecule has 0 saturated heterocycles. The molecule has 0 aliphatic rings. The van der Waals surface area contributed by atoms with Crippen LogP contribution in [-0.4, -0.2) is 16.2 Å². The van der Waals surface area contributed by atoms with Crippen LogP contribution in [-0.2, 0) is 4.79 Å². The first-order chi connectivity index (χ1) is 6.27. The van der Waals surface area contributed by atoms with Gasteiger partial charge in [-0.05, 0) is 12.8 Å². The number of thioether (sulfide) groups is 1. The molecule has 0 bridgehead atoms. The number of alkyl halides is 1. The van der Waals surface area contributed by atoms with Crippen LogP contribution in [0.1, 0.15) is 45.4 Å². The molecule has 0 saturated carbocycles. The highest BCUT2D eigenvalue weighted by Crippen LogP contribution is 2.10. The number of carbonyl (C=O) groups is 1. The first kappa shape index (κ1) is 13.5. The van der Waals surface area contributed by atoms with E-state index in [0.29, 0.717) is 0 Å². The first-order valence-corrected chi connectivity index (χ1v) is 7.07. The monoisotopic (exact) mass is 266 g/mol. The summed E-state index contributed by atoms with van der Waals surface area (Å²) in [7, 11) is 0. The average molecular weight is 267 g/mol. The molecule has 0 spiro atoms. The summed E-state index contributed by atoms with van der Waals surface area (Å²) >= 11 is 4.87. The molecule has 0 fully saturated rings. The van der Waals surface area contributed by atoms with Crippen LogP contribution in [0, 0.1) is 0 Å². The highest BCUT2D eigenvalue weighted by Gasteiger charge is 1.94. The predicted octanol–water partition coefficient (Wildman–Crippen LogP) is 4.00. The van der Waals surface area contributed by atoms with Crippen LogP contribution >= 0.6 is 27.7 Å². The lowest BCUT2D eigenvalue weighted by Crippen LogP contribution is -1.87. The van der Waals surface area contributed by atoms with Crippen molar-refractivity contribution in [2.75, 3.05) is 11.1 Å². The molecule has 13 heavy (non-hydrogen) atoms. The Kier molecular flexibility index (Phi) is 11.0. The van der Waals surface area contributed by atoms with E-state index in [1.54, 1.807) is 6.92 Å². The Bertz CT molecular complexity index is 128. The molecule has 1 nitrogen and oxygen atoms in total. The fraction of sp³-hybridized carbons (Fsp3) is 0.900. The number of halogens is 1. The number of unbranched alkanes of at least 4 members (excludes halogenated alkanes) is 5. The standard InChI is InChI=1S/C10H19BrOS/c1-10(12)13-9-7-5-3-2-4-6-8-11/h2-9H2,1H3. The van der Waals surface area contributed by atoms with E-state index >= 15 is 0 Å². The molecule has 0 aromatic carbocycles. The lowest BCUT2D eigenvalue weighted by molar-refractivity contribution is -0.109. The molecule has 0 aromatic heterocycles. The third-order valence-electron chi connectivity index (χ3n) is 1.83. The van der Waals surface area contributed by atoms with Gasteiger partial charge in [-0.25, -0.2) is 0 Å². The SMILES string of the molecule is CC(=O)SCCCCCCCCBr. The summed E-state index contributed by atoms with van der Waals surface area (Å²) in [6.45, 7) is 1.64. The van der Waals surface area contributed by atoms with Crippen molar-refractivity contribution >= 4 is 32.8 Å². The maximum atomic E-state index is 10.6. The third kappa shape index (κ3) is 12.5. The molecule has 0 aromatic rings. The van der Waals surface area contributed by atoms with Crippen LogP contribution in [0.4, 0.5) is 0 Å². The molecule has 3 heteroatoms. The number of carbonyl (C=O) groups excluding carboxylic acids is 1. The molecule has 0 unspecified atom stereocenters. The Hall–Kier alpha value is 0.500. The van der Waals surface area contributed by atoms with Gasteiger partial charge in [0.25, 0.3) is 0 Å². The van der Waals surface area contributed by atoms with E-state index in [9.17, 15) is 4.79 Å². The lowest BCUT2D eigenvalue weighted by Gasteiger charge is -1.99. The van der Waals surface area contributed by atoms with Crippen molar-refractivity contribution in [2.45, 2.75) is 45.4 Å². The van der Waals surface area contributed by atoms with E-state index in [0.717, 1.165) is 11.1 Å². The maximum absolute atomic E-state index is 10.6. The highest BCUT2D eigenvalue weighted by atomic mass is 79.9. The van der Waals surface area contributed by atoms with Gasteiger partial charge in [-0.1, -0.05) is 53.4 Å². The Morgan fingerprint density at radius 1 is 1.08 bits per heavy atom. The van der Waals surface area contributed by atoms with E-state index in [1.165, 1.54) is 50.3 Å². The second-order valence-corrected chi connectivity index (χ2v) is 5.22. The summed E-state index contributed by atoms with van der Waals surface area (Å²) in [4.78, 5) is 10.6. The predicted molar refractivity (Wildman–Crippen MR) is 64.6 cm³/mol. The van der Waals surface area contributed by atoms with E-state index in [4.69, 9.17) is 0 Å². The molecule has 0 heterocycles. The Balaban J connectivity index is 2.87. The van der Waals surface area contributed by atoms with E-state index in [2.05, 4.69) is 15.9 Å². The Morgan fingerprint density at radius 3 is 2.15 bits per heavy atom. The number of hydrogen-bond donors (Lipinski definition) is 0. The van der Waals surface area contributed by atoms with E-state index in [-0.39, 0.29) is 5.12 Å². The van der Waals surface area contributed by atoms with Crippen LogP contribution in [0.5, 0.6) is 0 Å². The maximum Gasteiger partial charge on any atom is 0.185 e. The Labute approximate surface area is 94.2 Å². The van der Waals surface area contributed by atoms with E-state index in [1.807, 2.05) is 0 Å². The lowest BCUT2D eigenvalue weighted by atomic mass is 10.1. The summed E-state index contributed by atoms with van der Waals surface area (Å²) in [6, 6.07) is 0. The molecular weight excluding hydrogens is 248 g/mol. The van der Waals surface area contributed by atoms with Gasteiger partial charge >= 0.3 is 0 Å². The third-order valence-corrected chi connectivity index (χ3v) is 3.29. The van der Waals surface area contributed by atoms with Crippen molar-refractivity contribution in [3.8, 4) is 0 Å². The molecule has 0 amide bonds. The Morgan fingerprint density at radius 2 is 1.62 bits per heavy atom. The fourth-order valence-corrected chi connectivity index (χ4v) is 2.15. The zero-order valence-corrected chi connectivity index (χ0v) is 10.8. The van der Waals surface area contributed by atoms with Crippen LogP contribution < -0.4 is 0 Å². The quantitative estimate of drug-likeness (QED) is 0.488. The summed E-state index contributed by atoms with van der Waals surface area (Å²) in [5.41, 5.74) is 0. The van der Waals surface area contributed by atoms with Crippen molar-refractivity contribution in [1.29, 1.82) is 0 Å². The molecule has 78 valence electrons. The highest BCUT2D eigenvalue weighted by molar-refractivity contribution is 9.09. The normalized spacial score (nSPS) is 10.3. The van der Waals surface area contributed by atoms with Gasteiger partial charge in [-0.3, -0.25) is 4.79 Å². The van der Waals surface area contributed by atoms with Gasteiger partial charge in [0, 0.05) is 18.0 Å². The molecule has 0 radical (unpaired) electrons. The van der Waals surface area contributed by atoms with Crippen LogP contribution in [0.25, 0.3) is 0 Å². The summed E-state index contributed by atoms with van der Waals surface area (Å²) in [5, 5.41) is 1.38. The van der Waals surface area contributed by atoms with Crippen molar-refractivity contribution < 1.29 is 4.79 Å². The van der Waals surface area contributed by atoms with Crippen LogP contribution in [0.15, 0.2) is 0 Å². The van der Waals surface area contributed by atoms with Gasteiger partial charge in [0.05, 0.1) is 0 Å². The molecular formula is C10H19BrOS. The summed E-state index contributed by atoms with van der Waals surface area (Å²) < 4.78 is 0. The second kappa shape index (κ2) is 10.6. The number of hydrogen-bond acceptors (Lipinski definition) is 2.